The van der Waals surface area contributed by atoms with Gasteiger partial charge in [-0.05, 0) is 45.1 Å². The van der Waals surface area contributed by atoms with Gasteiger partial charge in [0.1, 0.15) is 0 Å². The van der Waals surface area contributed by atoms with Crippen LogP contribution in [0.4, 0.5) is 0 Å². The van der Waals surface area contributed by atoms with Gasteiger partial charge in [0, 0.05) is 12.6 Å². The van der Waals surface area contributed by atoms with E-state index in [0.29, 0.717) is 19.1 Å². The van der Waals surface area contributed by atoms with Crippen molar-refractivity contribution in [3.05, 3.63) is 0 Å². The lowest BCUT2D eigenvalue weighted by molar-refractivity contribution is -0.144. The number of carbonyl (C=O) groups is 1. The van der Waals surface area contributed by atoms with E-state index in [-0.39, 0.29) is 5.97 Å². The Hall–Kier alpha value is -0.570. The lowest BCUT2D eigenvalue weighted by Gasteiger charge is -2.43. The molecule has 3 nitrogen and oxygen atoms in total. The molecule has 1 saturated heterocycles. The summed E-state index contributed by atoms with van der Waals surface area (Å²) in [5, 5.41) is 0. The van der Waals surface area contributed by atoms with Crippen LogP contribution in [-0.4, -0.2) is 36.6 Å². The van der Waals surface area contributed by atoms with Crippen molar-refractivity contribution in [3.8, 4) is 0 Å². The number of fused-ring (bicyclic) bond motifs is 1. The smallest absolute Gasteiger partial charge is 0.307 e. The van der Waals surface area contributed by atoms with Crippen molar-refractivity contribution >= 4 is 5.97 Å². The third kappa shape index (κ3) is 3.47. The first-order valence-electron chi connectivity index (χ1n) is 7.60. The molecule has 0 radical (unpaired) electrons. The van der Waals surface area contributed by atoms with Gasteiger partial charge in [-0.25, -0.2) is 0 Å². The fourth-order valence-corrected chi connectivity index (χ4v) is 3.62. The Morgan fingerprint density at radius 1 is 1.28 bits per heavy atom. The number of carbonyl (C=O) groups excluding carboxylic acids is 1. The molecule has 2 rings (SSSR count). The second-order valence-electron chi connectivity index (χ2n) is 5.95. The average Bonchev–Trinajstić information content (AvgIpc) is 2.38. The van der Waals surface area contributed by atoms with Crippen molar-refractivity contribution in [1.82, 2.24) is 4.90 Å². The highest BCUT2D eigenvalue weighted by molar-refractivity contribution is 5.70. The Bertz CT molecular complexity index is 280. The SMILES string of the molecule is CCOC(=O)CC(C)N1CCC2CCCCC2C1. The molecule has 3 heteroatoms. The van der Waals surface area contributed by atoms with Crippen LogP contribution in [0.1, 0.15) is 52.4 Å². The maximum absolute atomic E-state index is 11.5. The van der Waals surface area contributed by atoms with Crippen LogP contribution in [-0.2, 0) is 9.53 Å². The molecule has 2 fully saturated rings. The molecule has 18 heavy (non-hydrogen) atoms. The predicted molar refractivity (Wildman–Crippen MR) is 72.4 cm³/mol. The zero-order valence-electron chi connectivity index (χ0n) is 11.9. The van der Waals surface area contributed by atoms with Crippen LogP contribution in [0, 0.1) is 11.8 Å². The maximum atomic E-state index is 11.5. The van der Waals surface area contributed by atoms with Crippen molar-refractivity contribution in [1.29, 1.82) is 0 Å². The quantitative estimate of drug-likeness (QED) is 0.722. The second-order valence-corrected chi connectivity index (χ2v) is 5.95. The highest BCUT2D eigenvalue weighted by atomic mass is 16.5. The monoisotopic (exact) mass is 253 g/mol. The average molecular weight is 253 g/mol. The Kier molecular flexibility index (Phi) is 5.04. The molecular weight excluding hydrogens is 226 g/mol. The van der Waals surface area contributed by atoms with E-state index < -0.39 is 0 Å². The normalized spacial score (nSPS) is 30.6. The third-order valence-corrected chi connectivity index (χ3v) is 4.71. The van der Waals surface area contributed by atoms with E-state index in [2.05, 4.69) is 11.8 Å². The summed E-state index contributed by atoms with van der Waals surface area (Å²) in [5.41, 5.74) is 0. The van der Waals surface area contributed by atoms with Crippen LogP contribution in [0.5, 0.6) is 0 Å². The molecule has 0 N–H and O–H groups in total. The Balaban J connectivity index is 1.80. The van der Waals surface area contributed by atoms with Gasteiger partial charge in [-0.1, -0.05) is 19.3 Å². The Labute approximate surface area is 111 Å². The topological polar surface area (TPSA) is 29.5 Å². The van der Waals surface area contributed by atoms with Crippen molar-refractivity contribution < 1.29 is 9.53 Å². The number of hydrogen-bond acceptors (Lipinski definition) is 3. The second kappa shape index (κ2) is 6.55. The van der Waals surface area contributed by atoms with Crippen molar-refractivity contribution in [2.45, 2.75) is 58.4 Å². The highest BCUT2D eigenvalue weighted by Crippen LogP contribution is 2.36. The molecule has 0 aromatic rings. The van der Waals surface area contributed by atoms with E-state index in [1.165, 1.54) is 45.2 Å². The minimum Gasteiger partial charge on any atom is -0.466 e. The van der Waals surface area contributed by atoms with Crippen LogP contribution < -0.4 is 0 Å². The minimum absolute atomic E-state index is 0.0456. The highest BCUT2D eigenvalue weighted by Gasteiger charge is 2.33. The van der Waals surface area contributed by atoms with Crippen LogP contribution in [0.2, 0.25) is 0 Å². The number of piperidine rings is 1. The van der Waals surface area contributed by atoms with Crippen molar-refractivity contribution in [3.63, 3.8) is 0 Å². The van der Waals surface area contributed by atoms with Gasteiger partial charge in [0.05, 0.1) is 13.0 Å². The van der Waals surface area contributed by atoms with Crippen LogP contribution >= 0.6 is 0 Å². The number of nitrogens with zero attached hydrogens (tertiary/aromatic N) is 1. The first kappa shape index (κ1) is 13.9. The van der Waals surface area contributed by atoms with E-state index in [1.54, 1.807) is 0 Å². The van der Waals surface area contributed by atoms with Crippen LogP contribution in [0.3, 0.4) is 0 Å². The number of ether oxygens (including phenoxy) is 1. The molecule has 3 atom stereocenters. The molecule has 0 amide bonds. The van der Waals surface area contributed by atoms with E-state index in [4.69, 9.17) is 4.74 Å². The van der Waals surface area contributed by atoms with Gasteiger partial charge in [0.2, 0.25) is 0 Å². The first-order valence-corrected chi connectivity index (χ1v) is 7.60. The van der Waals surface area contributed by atoms with E-state index in [9.17, 15) is 4.79 Å². The standard InChI is InChI=1S/C15H27NO2/c1-3-18-15(17)10-12(2)16-9-8-13-6-4-5-7-14(13)11-16/h12-14H,3-11H2,1-2H3. The molecular formula is C15H27NO2. The summed E-state index contributed by atoms with van der Waals surface area (Å²) in [6.45, 7) is 6.90. The molecule has 0 bridgehead atoms. The summed E-state index contributed by atoms with van der Waals surface area (Å²) in [4.78, 5) is 14.0. The third-order valence-electron chi connectivity index (χ3n) is 4.71. The first-order chi connectivity index (χ1) is 8.70. The number of likely N-dealkylation sites (tertiary alicyclic amines) is 1. The molecule has 0 spiro atoms. The molecule has 104 valence electrons. The van der Waals surface area contributed by atoms with E-state index in [1.807, 2.05) is 6.92 Å². The summed E-state index contributed by atoms with van der Waals surface area (Å²) in [6, 6.07) is 0.340. The van der Waals surface area contributed by atoms with Gasteiger partial charge in [0.15, 0.2) is 0 Å². The van der Waals surface area contributed by atoms with Gasteiger partial charge in [-0.2, -0.15) is 0 Å². The van der Waals surface area contributed by atoms with Crippen molar-refractivity contribution in [2.24, 2.45) is 11.8 Å². The molecule has 0 aromatic heterocycles. The molecule has 3 unspecified atom stereocenters. The van der Waals surface area contributed by atoms with Crippen LogP contribution in [0.15, 0.2) is 0 Å². The summed E-state index contributed by atoms with van der Waals surface area (Å²) >= 11 is 0. The van der Waals surface area contributed by atoms with Gasteiger partial charge in [0.25, 0.3) is 0 Å². The zero-order chi connectivity index (χ0) is 13.0. The fourth-order valence-electron chi connectivity index (χ4n) is 3.62. The summed E-state index contributed by atoms with van der Waals surface area (Å²) in [6.07, 6.45) is 7.54. The minimum atomic E-state index is -0.0456. The van der Waals surface area contributed by atoms with Gasteiger partial charge < -0.3 is 4.74 Å². The molecule has 1 aliphatic carbocycles. The Morgan fingerprint density at radius 3 is 2.72 bits per heavy atom. The molecule has 1 heterocycles. The lowest BCUT2D eigenvalue weighted by Crippen LogP contribution is -2.46. The molecule has 1 saturated carbocycles. The lowest BCUT2D eigenvalue weighted by atomic mass is 9.75. The van der Waals surface area contributed by atoms with Gasteiger partial charge in [-0.15, -0.1) is 0 Å². The summed E-state index contributed by atoms with van der Waals surface area (Å²) < 4.78 is 5.04. The number of rotatable bonds is 4. The van der Waals surface area contributed by atoms with E-state index >= 15 is 0 Å². The summed E-state index contributed by atoms with van der Waals surface area (Å²) in [7, 11) is 0. The van der Waals surface area contributed by atoms with Crippen molar-refractivity contribution in [2.75, 3.05) is 19.7 Å². The number of hydrogen-bond donors (Lipinski definition) is 0. The molecule has 2 aliphatic rings. The predicted octanol–water partition coefficient (Wildman–Crippen LogP) is 2.84. The zero-order valence-corrected chi connectivity index (χ0v) is 11.9. The number of esters is 1. The summed E-state index contributed by atoms with van der Waals surface area (Å²) in [5.74, 6) is 1.80. The van der Waals surface area contributed by atoms with Gasteiger partial charge >= 0.3 is 5.97 Å². The van der Waals surface area contributed by atoms with E-state index in [0.717, 1.165) is 11.8 Å². The van der Waals surface area contributed by atoms with Crippen LogP contribution in [0.25, 0.3) is 0 Å². The maximum Gasteiger partial charge on any atom is 0.307 e. The molecule has 1 aliphatic heterocycles. The Morgan fingerprint density at radius 2 is 2.00 bits per heavy atom. The fraction of sp³-hybridized carbons (Fsp3) is 0.933. The largest absolute Gasteiger partial charge is 0.466 e. The molecule has 0 aromatic carbocycles. The van der Waals surface area contributed by atoms with Gasteiger partial charge in [-0.3, -0.25) is 9.69 Å².